The first-order valence-corrected chi connectivity index (χ1v) is 5.16. The first-order chi connectivity index (χ1) is 5.43. The van der Waals surface area contributed by atoms with Crippen LogP contribution in [-0.2, 0) is 0 Å². The Labute approximate surface area is 79.7 Å². The van der Waals surface area contributed by atoms with E-state index in [1.807, 2.05) is 0 Å². The second-order valence-electron chi connectivity index (χ2n) is 3.61. The molecule has 1 heterocycles. The summed E-state index contributed by atoms with van der Waals surface area (Å²) in [5.41, 5.74) is 0. The van der Waals surface area contributed by atoms with Crippen LogP contribution >= 0.6 is 0 Å². The normalized spacial score (nSPS) is 19.5. The SMILES string of the molecule is [Li][CH2]CCCCN1CCCC1. The van der Waals surface area contributed by atoms with E-state index in [4.69, 9.17) is 0 Å². The van der Waals surface area contributed by atoms with Crippen LogP contribution in [0.2, 0.25) is 5.09 Å². The van der Waals surface area contributed by atoms with Crippen LogP contribution in [-0.4, -0.2) is 42.2 Å². The molecule has 60 valence electrons. The molecule has 0 spiro atoms. The van der Waals surface area contributed by atoms with Gasteiger partial charge in [-0.15, -0.1) is 0 Å². The zero-order valence-corrected chi connectivity index (χ0v) is 7.81. The molecular weight excluding hydrogens is 129 g/mol. The van der Waals surface area contributed by atoms with Gasteiger partial charge in [0.1, 0.15) is 0 Å². The third-order valence-corrected chi connectivity index (χ3v) is 2.53. The number of unbranched alkanes of at least 4 members (excludes halogenated alkanes) is 2. The molecule has 0 bridgehead atoms. The molecule has 0 saturated carbocycles. The van der Waals surface area contributed by atoms with Gasteiger partial charge in [0, 0.05) is 0 Å². The van der Waals surface area contributed by atoms with Crippen molar-refractivity contribution in [3.8, 4) is 0 Å². The topological polar surface area (TPSA) is 3.24 Å². The average molecular weight is 147 g/mol. The standard InChI is InChI=1S/C9H18N.Li/c1-2-3-4-7-10-8-5-6-9-10;/h1-9H2;. The van der Waals surface area contributed by atoms with E-state index >= 15 is 0 Å². The van der Waals surface area contributed by atoms with Gasteiger partial charge < -0.3 is 0 Å². The molecule has 0 N–H and O–H groups in total. The van der Waals surface area contributed by atoms with E-state index in [0.717, 1.165) is 0 Å². The summed E-state index contributed by atoms with van der Waals surface area (Å²) in [6.07, 6.45) is 7.16. The maximum atomic E-state index is 2.61. The Morgan fingerprint density at radius 2 is 1.73 bits per heavy atom. The molecule has 2 heteroatoms. The molecule has 1 aliphatic heterocycles. The molecule has 0 aromatic heterocycles. The van der Waals surface area contributed by atoms with Gasteiger partial charge in [0.05, 0.1) is 0 Å². The van der Waals surface area contributed by atoms with Crippen molar-refractivity contribution in [2.45, 2.75) is 37.2 Å². The Hall–Kier alpha value is 0.557. The zero-order chi connectivity index (χ0) is 7.94. The van der Waals surface area contributed by atoms with E-state index in [0.29, 0.717) is 0 Å². The predicted molar refractivity (Wildman–Crippen MR) is 50.1 cm³/mol. The van der Waals surface area contributed by atoms with Crippen molar-refractivity contribution in [1.29, 1.82) is 0 Å². The van der Waals surface area contributed by atoms with Gasteiger partial charge in [0.2, 0.25) is 0 Å². The average Bonchev–Trinajstić information content (AvgIpc) is 2.50. The van der Waals surface area contributed by atoms with Crippen LogP contribution in [0.15, 0.2) is 0 Å². The molecule has 0 aliphatic carbocycles. The van der Waals surface area contributed by atoms with Crippen LogP contribution in [0.5, 0.6) is 0 Å². The van der Waals surface area contributed by atoms with Crippen molar-refractivity contribution in [2.24, 2.45) is 0 Å². The van der Waals surface area contributed by atoms with E-state index in [9.17, 15) is 0 Å². The van der Waals surface area contributed by atoms with Crippen LogP contribution in [0.1, 0.15) is 32.1 Å². The summed E-state index contributed by atoms with van der Waals surface area (Å²) in [6.45, 7) is 4.10. The minimum atomic E-state index is 1.36. The quantitative estimate of drug-likeness (QED) is 0.423. The summed E-state index contributed by atoms with van der Waals surface area (Å²) in [7, 11) is 0. The summed E-state index contributed by atoms with van der Waals surface area (Å²) in [5, 5.41) is 1.36. The van der Waals surface area contributed by atoms with Crippen molar-refractivity contribution in [3.63, 3.8) is 0 Å². The molecule has 0 aromatic carbocycles. The first-order valence-electron chi connectivity index (χ1n) is 5.16. The Balaban J connectivity index is 1.86. The second-order valence-corrected chi connectivity index (χ2v) is 3.61. The molecule has 1 saturated heterocycles. The van der Waals surface area contributed by atoms with Crippen molar-refractivity contribution in [1.82, 2.24) is 4.90 Å². The maximum absolute atomic E-state index is 2.61. The van der Waals surface area contributed by atoms with Crippen molar-refractivity contribution in [2.75, 3.05) is 19.6 Å². The van der Waals surface area contributed by atoms with Crippen LogP contribution in [0.3, 0.4) is 0 Å². The number of hydrogen-bond donors (Lipinski definition) is 0. The second kappa shape index (κ2) is 6.12. The molecular formula is C9H18LiN. The fourth-order valence-corrected chi connectivity index (χ4v) is 1.77. The monoisotopic (exact) mass is 147 g/mol. The molecule has 1 nitrogen and oxygen atoms in total. The third-order valence-electron chi connectivity index (χ3n) is 2.53. The number of rotatable bonds is 5. The minimum absolute atomic E-state index is 1.36. The number of nitrogens with zero attached hydrogens (tertiary/aromatic N) is 1. The molecule has 11 heavy (non-hydrogen) atoms. The summed E-state index contributed by atoms with van der Waals surface area (Å²) >= 11 is 2.27. The predicted octanol–water partition coefficient (Wildman–Crippen LogP) is 1.84. The molecule has 1 aliphatic rings. The summed E-state index contributed by atoms with van der Waals surface area (Å²) in [6, 6.07) is 0. The summed E-state index contributed by atoms with van der Waals surface area (Å²) < 4.78 is 0. The fourth-order valence-electron chi connectivity index (χ4n) is 1.77. The Bertz CT molecular complexity index is 89.6. The van der Waals surface area contributed by atoms with Gasteiger partial charge in [0.25, 0.3) is 0 Å². The van der Waals surface area contributed by atoms with E-state index in [2.05, 4.69) is 22.6 Å². The van der Waals surface area contributed by atoms with Crippen LogP contribution in [0, 0.1) is 0 Å². The Morgan fingerprint density at radius 3 is 2.36 bits per heavy atom. The van der Waals surface area contributed by atoms with E-state index < -0.39 is 0 Å². The fraction of sp³-hybridized carbons (Fsp3) is 1.00. The summed E-state index contributed by atoms with van der Waals surface area (Å²) in [5.74, 6) is 0. The van der Waals surface area contributed by atoms with Gasteiger partial charge in [-0.1, -0.05) is 0 Å². The number of hydrogen-bond acceptors (Lipinski definition) is 1. The van der Waals surface area contributed by atoms with Crippen LogP contribution < -0.4 is 0 Å². The van der Waals surface area contributed by atoms with Gasteiger partial charge in [0.15, 0.2) is 0 Å². The molecule has 0 unspecified atom stereocenters. The molecule has 0 radical (unpaired) electrons. The Kier molecular flexibility index (Phi) is 5.36. The van der Waals surface area contributed by atoms with Gasteiger partial charge >= 0.3 is 79.4 Å². The van der Waals surface area contributed by atoms with E-state index in [1.54, 1.807) is 0 Å². The van der Waals surface area contributed by atoms with Gasteiger partial charge in [-0.05, 0) is 0 Å². The van der Waals surface area contributed by atoms with Gasteiger partial charge in [-0.2, -0.15) is 0 Å². The molecule has 1 fully saturated rings. The van der Waals surface area contributed by atoms with Crippen LogP contribution in [0.25, 0.3) is 0 Å². The molecule has 0 atom stereocenters. The molecule has 0 amide bonds. The van der Waals surface area contributed by atoms with Crippen LogP contribution in [0.4, 0.5) is 0 Å². The van der Waals surface area contributed by atoms with Crippen molar-refractivity contribution in [3.05, 3.63) is 0 Å². The first kappa shape index (κ1) is 9.64. The summed E-state index contributed by atoms with van der Waals surface area (Å²) in [4.78, 5) is 2.61. The van der Waals surface area contributed by atoms with E-state index in [-0.39, 0.29) is 0 Å². The Morgan fingerprint density at radius 1 is 1.00 bits per heavy atom. The zero-order valence-electron chi connectivity index (χ0n) is 7.81. The molecule has 0 aromatic rings. The van der Waals surface area contributed by atoms with Crippen molar-refractivity contribution < 1.29 is 0 Å². The number of likely N-dealkylation sites (tertiary alicyclic amines) is 1. The van der Waals surface area contributed by atoms with Gasteiger partial charge in [-0.3, -0.25) is 0 Å². The van der Waals surface area contributed by atoms with Gasteiger partial charge in [-0.25, -0.2) is 0 Å². The van der Waals surface area contributed by atoms with Crippen molar-refractivity contribution >= 4 is 17.7 Å². The van der Waals surface area contributed by atoms with E-state index in [1.165, 1.54) is 56.8 Å². The third kappa shape index (κ3) is 4.21. The molecule has 1 rings (SSSR count).